The summed E-state index contributed by atoms with van der Waals surface area (Å²) in [5.41, 5.74) is 7.42. The lowest BCUT2D eigenvalue weighted by Crippen LogP contribution is -2.01. The van der Waals surface area contributed by atoms with Crippen LogP contribution in [0.2, 0.25) is 0 Å². The first-order valence-electron chi connectivity index (χ1n) is 4.89. The summed E-state index contributed by atoms with van der Waals surface area (Å²) in [5.74, 6) is 0.434. The van der Waals surface area contributed by atoms with Crippen LogP contribution in [0.5, 0.6) is 5.75 Å². The highest BCUT2D eigenvalue weighted by molar-refractivity contribution is 9.10. The van der Waals surface area contributed by atoms with E-state index in [1.54, 1.807) is 0 Å². The Kier molecular flexibility index (Phi) is 4.42. The van der Waals surface area contributed by atoms with Gasteiger partial charge in [-0.1, -0.05) is 22.9 Å². The summed E-state index contributed by atoms with van der Waals surface area (Å²) in [6.07, 6.45) is 2.60. The van der Waals surface area contributed by atoms with E-state index in [-0.39, 0.29) is 0 Å². The fourth-order valence-electron chi connectivity index (χ4n) is 1.47. The minimum atomic E-state index is 0.434. The van der Waals surface area contributed by atoms with Gasteiger partial charge in [0.05, 0.1) is 0 Å². The van der Waals surface area contributed by atoms with Crippen LogP contribution in [0, 0.1) is 0 Å². The van der Waals surface area contributed by atoms with E-state index in [0.29, 0.717) is 12.3 Å². The molecular formula is C11H16BrNO. The third-order valence-corrected chi connectivity index (χ3v) is 2.72. The number of phenolic OH excluding ortho intramolecular Hbond substituents is 1. The number of rotatable bonds is 4. The van der Waals surface area contributed by atoms with Crippen LogP contribution in [0.25, 0.3) is 0 Å². The monoisotopic (exact) mass is 257 g/mol. The topological polar surface area (TPSA) is 46.2 Å². The quantitative estimate of drug-likeness (QED) is 0.872. The van der Waals surface area contributed by atoms with Crippen LogP contribution in [0.15, 0.2) is 16.6 Å². The van der Waals surface area contributed by atoms with Gasteiger partial charge in [-0.2, -0.15) is 0 Å². The standard InChI is InChI=1S/C11H16BrNO/c1-2-8-6-10(12)7-9(11(8)14)4-3-5-13/h6-7,14H,2-5,13H2,1H3. The molecule has 0 atom stereocenters. The molecule has 0 aromatic heterocycles. The lowest BCUT2D eigenvalue weighted by atomic mass is 10.0. The van der Waals surface area contributed by atoms with E-state index in [1.807, 2.05) is 19.1 Å². The van der Waals surface area contributed by atoms with E-state index >= 15 is 0 Å². The normalized spacial score (nSPS) is 10.5. The highest BCUT2D eigenvalue weighted by Gasteiger charge is 2.07. The van der Waals surface area contributed by atoms with Gasteiger partial charge in [0.1, 0.15) is 5.75 Å². The second-order valence-corrected chi connectivity index (χ2v) is 4.23. The first-order chi connectivity index (χ1) is 6.69. The molecule has 78 valence electrons. The zero-order valence-electron chi connectivity index (χ0n) is 8.39. The second-order valence-electron chi connectivity index (χ2n) is 3.32. The van der Waals surface area contributed by atoms with Gasteiger partial charge in [0.2, 0.25) is 0 Å². The van der Waals surface area contributed by atoms with Gasteiger partial charge in [0.15, 0.2) is 0 Å². The molecule has 0 fully saturated rings. The molecule has 0 amide bonds. The van der Waals surface area contributed by atoms with Gasteiger partial charge in [0, 0.05) is 4.47 Å². The molecule has 0 bridgehead atoms. The van der Waals surface area contributed by atoms with Gasteiger partial charge in [-0.05, 0) is 49.1 Å². The summed E-state index contributed by atoms with van der Waals surface area (Å²) in [6, 6.07) is 3.92. The van der Waals surface area contributed by atoms with Crippen LogP contribution in [0.1, 0.15) is 24.5 Å². The molecule has 14 heavy (non-hydrogen) atoms. The van der Waals surface area contributed by atoms with Crippen LogP contribution >= 0.6 is 15.9 Å². The van der Waals surface area contributed by atoms with Crippen LogP contribution in [-0.2, 0) is 12.8 Å². The summed E-state index contributed by atoms with van der Waals surface area (Å²) < 4.78 is 1.03. The Labute approximate surface area is 93.3 Å². The molecule has 0 heterocycles. The minimum Gasteiger partial charge on any atom is -0.507 e. The Morgan fingerprint density at radius 1 is 1.36 bits per heavy atom. The number of phenols is 1. The average Bonchev–Trinajstić information content (AvgIpc) is 2.18. The van der Waals surface area contributed by atoms with Gasteiger partial charge in [0.25, 0.3) is 0 Å². The fraction of sp³-hybridized carbons (Fsp3) is 0.455. The average molecular weight is 258 g/mol. The van der Waals surface area contributed by atoms with Crippen molar-refractivity contribution in [2.45, 2.75) is 26.2 Å². The van der Waals surface area contributed by atoms with E-state index in [2.05, 4.69) is 15.9 Å². The van der Waals surface area contributed by atoms with Crippen LogP contribution in [0.4, 0.5) is 0 Å². The van der Waals surface area contributed by atoms with Gasteiger partial charge < -0.3 is 10.8 Å². The number of hydrogen-bond donors (Lipinski definition) is 2. The van der Waals surface area contributed by atoms with E-state index in [9.17, 15) is 5.11 Å². The molecule has 3 N–H and O–H groups in total. The maximum atomic E-state index is 9.88. The van der Waals surface area contributed by atoms with Crippen molar-refractivity contribution in [3.8, 4) is 5.75 Å². The summed E-state index contributed by atoms with van der Waals surface area (Å²) in [5, 5.41) is 9.88. The van der Waals surface area contributed by atoms with Gasteiger partial charge >= 0.3 is 0 Å². The zero-order valence-corrected chi connectivity index (χ0v) is 9.97. The van der Waals surface area contributed by atoms with Crippen LogP contribution in [-0.4, -0.2) is 11.7 Å². The van der Waals surface area contributed by atoms with E-state index < -0.39 is 0 Å². The van der Waals surface area contributed by atoms with Crippen LogP contribution < -0.4 is 5.73 Å². The molecule has 0 saturated carbocycles. The van der Waals surface area contributed by atoms with Crippen molar-refractivity contribution in [3.05, 3.63) is 27.7 Å². The fourth-order valence-corrected chi connectivity index (χ4v) is 2.02. The van der Waals surface area contributed by atoms with Crippen molar-refractivity contribution in [1.82, 2.24) is 0 Å². The second kappa shape index (κ2) is 5.37. The molecule has 0 unspecified atom stereocenters. The number of benzene rings is 1. The van der Waals surface area contributed by atoms with Crippen molar-refractivity contribution in [2.75, 3.05) is 6.54 Å². The maximum Gasteiger partial charge on any atom is 0.122 e. The number of nitrogens with two attached hydrogens (primary N) is 1. The molecule has 0 aliphatic rings. The molecule has 2 nitrogen and oxygen atoms in total. The summed E-state index contributed by atoms with van der Waals surface area (Å²) in [7, 11) is 0. The van der Waals surface area contributed by atoms with Crippen LogP contribution in [0.3, 0.4) is 0 Å². The largest absolute Gasteiger partial charge is 0.507 e. The molecule has 1 aromatic carbocycles. The van der Waals surface area contributed by atoms with E-state index in [0.717, 1.165) is 34.9 Å². The maximum absolute atomic E-state index is 9.88. The highest BCUT2D eigenvalue weighted by atomic mass is 79.9. The smallest absolute Gasteiger partial charge is 0.122 e. The summed E-state index contributed by atoms with van der Waals surface area (Å²) in [6.45, 7) is 2.70. The number of halogens is 1. The summed E-state index contributed by atoms with van der Waals surface area (Å²) in [4.78, 5) is 0. The first-order valence-corrected chi connectivity index (χ1v) is 5.68. The lowest BCUT2D eigenvalue weighted by molar-refractivity contribution is 0.460. The molecule has 0 spiro atoms. The summed E-state index contributed by atoms with van der Waals surface area (Å²) >= 11 is 3.44. The van der Waals surface area contributed by atoms with Gasteiger partial charge in [-0.25, -0.2) is 0 Å². The Balaban J connectivity index is 2.96. The van der Waals surface area contributed by atoms with Crippen molar-refractivity contribution in [1.29, 1.82) is 0 Å². The van der Waals surface area contributed by atoms with E-state index in [1.165, 1.54) is 0 Å². The number of aryl methyl sites for hydroxylation is 2. The zero-order chi connectivity index (χ0) is 10.6. The number of aromatic hydroxyl groups is 1. The Morgan fingerprint density at radius 3 is 2.57 bits per heavy atom. The third-order valence-electron chi connectivity index (χ3n) is 2.26. The number of hydrogen-bond acceptors (Lipinski definition) is 2. The molecule has 0 saturated heterocycles. The van der Waals surface area contributed by atoms with Crippen molar-refractivity contribution >= 4 is 15.9 Å². The van der Waals surface area contributed by atoms with Gasteiger partial charge in [-0.3, -0.25) is 0 Å². The van der Waals surface area contributed by atoms with Crippen molar-refractivity contribution in [3.63, 3.8) is 0 Å². The minimum absolute atomic E-state index is 0.434. The lowest BCUT2D eigenvalue weighted by Gasteiger charge is -2.09. The molecule has 1 aromatic rings. The Bertz CT molecular complexity index is 312. The molecule has 0 aliphatic heterocycles. The molecule has 0 aliphatic carbocycles. The predicted molar refractivity (Wildman–Crippen MR) is 62.6 cm³/mol. The SMILES string of the molecule is CCc1cc(Br)cc(CCCN)c1O. The highest BCUT2D eigenvalue weighted by Crippen LogP contribution is 2.28. The Hall–Kier alpha value is -0.540. The molecular weight excluding hydrogens is 242 g/mol. The first kappa shape index (κ1) is 11.5. The van der Waals surface area contributed by atoms with Crippen molar-refractivity contribution < 1.29 is 5.11 Å². The predicted octanol–water partition coefficient (Wildman–Crippen LogP) is 2.61. The van der Waals surface area contributed by atoms with E-state index in [4.69, 9.17) is 5.73 Å². The van der Waals surface area contributed by atoms with Crippen molar-refractivity contribution in [2.24, 2.45) is 5.73 Å². The molecule has 3 heteroatoms. The molecule has 1 rings (SSSR count). The molecule has 0 radical (unpaired) electrons. The third kappa shape index (κ3) is 2.72. The van der Waals surface area contributed by atoms with Gasteiger partial charge in [-0.15, -0.1) is 0 Å². The Morgan fingerprint density at radius 2 is 2.00 bits per heavy atom.